The summed E-state index contributed by atoms with van der Waals surface area (Å²) in [6.45, 7) is 1.79. The molecule has 110 valence electrons. The summed E-state index contributed by atoms with van der Waals surface area (Å²) in [6, 6.07) is 13.2. The molecule has 2 aromatic carbocycles. The van der Waals surface area contributed by atoms with E-state index in [-0.39, 0.29) is 5.82 Å². The molecule has 0 saturated carbocycles. The molecule has 1 heterocycles. The number of benzene rings is 2. The normalized spacial score (nSPS) is 12.1. The average molecular weight is 295 g/mol. The van der Waals surface area contributed by atoms with Gasteiger partial charge >= 0.3 is 5.97 Å². The van der Waals surface area contributed by atoms with Gasteiger partial charge in [0.05, 0.1) is 5.56 Å². The number of hydrogen-bond acceptors (Lipinski definition) is 3. The van der Waals surface area contributed by atoms with Crippen LogP contribution in [0.2, 0.25) is 0 Å². The van der Waals surface area contributed by atoms with Gasteiger partial charge in [-0.1, -0.05) is 24.3 Å². The highest BCUT2D eigenvalue weighted by Gasteiger charge is 2.17. The molecule has 0 spiro atoms. The van der Waals surface area contributed by atoms with Crippen molar-refractivity contribution >= 4 is 16.7 Å². The third-order valence-corrected chi connectivity index (χ3v) is 3.55. The first kappa shape index (κ1) is 14.2. The van der Waals surface area contributed by atoms with Gasteiger partial charge in [-0.05, 0) is 42.1 Å². The number of aromatic nitrogens is 1. The minimum absolute atomic E-state index is 0.352. The first-order valence-corrected chi connectivity index (χ1v) is 6.95. The SMILES string of the molecule is C[C@H](OC(=O)c1ccc(F)c2ccccc12)c1ccncc1. The second-order valence-electron chi connectivity index (χ2n) is 4.97. The summed E-state index contributed by atoms with van der Waals surface area (Å²) in [6.07, 6.45) is 2.89. The Bertz CT molecular complexity index is 818. The number of pyridine rings is 1. The van der Waals surface area contributed by atoms with E-state index in [1.54, 1.807) is 55.7 Å². The summed E-state index contributed by atoms with van der Waals surface area (Å²) in [5.74, 6) is -0.824. The molecule has 3 rings (SSSR count). The fraction of sp³-hybridized carbons (Fsp3) is 0.111. The standard InChI is InChI=1S/C18H14FNO2/c1-12(13-8-10-20-11-9-13)22-18(21)16-6-7-17(19)15-5-3-2-4-14(15)16/h2-12H,1H3/t12-/m0/s1. The number of carbonyl (C=O) groups excluding carboxylic acids is 1. The number of carbonyl (C=O) groups is 1. The Morgan fingerprint density at radius 3 is 2.45 bits per heavy atom. The smallest absolute Gasteiger partial charge is 0.339 e. The number of hydrogen-bond donors (Lipinski definition) is 0. The van der Waals surface area contributed by atoms with Crippen LogP contribution in [0.15, 0.2) is 60.9 Å². The monoisotopic (exact) mass is 295 g/mol. The lowest BCUT2D eigenvalue weighted by molar-refractivity contribution is 0.0340. The topological polar surface area (TPSA) is 39.2 Å². The van der Waals surface area contributed by atoms with Crippen LogP contribution in [-0.4, -0.2) is 11.0 Å². The highest BCUT2D eigenvalue weighted by Crippen LogP contribution is 2.24. The fourth-order valence-electron chi connectivity index (χ4n) is 2.37. The van der Waals surface area contributed by atoms with E-state index < -0.39 is 12.1 Å². The van der Waals surface area contributed by atoms with Crippen molar-refractivity contribution in [2.24, 2.45) is 0 Å². The minimum Gasteiger partial charge on any atom is -0.454 e. The largest absolute Gasteiger partial charge is 0.454 e. The zero-order chi connectivity index (χ0) is 15.5. The highest BCUT2D eigenvalue weighted by molar-refractivity contribution is 6.04. The number of rotatable bonds is 3. The first-order valence-electron chi connectivity index (χ1n) is 6.95. The van der Waals surface area contributed by atoms with Crippen molar-refractivity contribution in [3.05, 3.63) is 77.9 Å². The van der Waals surface area contributed by atoms with Crippen LogP contribution in [0.25, 0.3) is 10.8 Å². The number of nitrogens with zero attached hydrogens (tertiary/aromatic N) is 1. The number of ether oxygens (including phenoxy) is 1. The maximum atomic E-state index is 13.8. The molecule has 0 aliphatic rings. The highest BCUT2D eigenvalue weighted by atomic mass is 19.1. The molecule has 0 bridgehead atoms. The van der Waals surface area contributed by atoms with Gasteiger partial charge in [-0.3, -0.25) is 4.98 Å². The van der Waals surface area contributed by atoms with Gasteiger partial charge < -0.3 is 4.74 Å². The zero-order valence-electron chi connectivity index (χ0n) is 12.0. The van der Waals surface area contributed by atoms with E-state index in [2.05, 4.69) is 4.98 Å². The molecule has 0 aliphatic carbocycles. The third-order valence-electron chi connectivity index (χ3n) is 3.55. The van der Waals surface area contributed by atoms with Gasteiger partial charge in [0.2, 0.25) is 0 Å². The van der Waals surface area contributed by atoms with Crippen molar-refractivity contribution in [1.29, 1.82) is 0 Å². The Kier molecular flexibility index (Phi) is 3.83. The van der Waals surface area contributed by atoms with E-state index in [0.29, 0.717) is 16.3 Å². The van der Waals surface area contributed by atoms with Gasteiger partial charge in [-0.15, -0.1) is 0 Å². The lowest BCUT2D eigenvalue weighted by Crippen LogP contribution is -2.10. The average Bonchev–Trinajstić information content (AvgIpc) is 2.56. The predicted molar refractivity (Wildman–Crippen MR) is 82.0 cm³/mol. The quantitative estimate of drug-likeness (QED) is 0.677. The van der Waals surface area contributed by atoms with E-state index >= 15 is 0 Å². The second-order valence-corrected chi connectivity index (χ2v) is 4.97. The van der Waals surface area contributed by atoms with Gasteiger partial charge in [0.25, 0.3) is 0 Å². The molecule has 0 saturated heterocycles. The molecule has 22 heavy (non-hydrogen) atoms. The zero-order valence-corrected chi connectivity index (χ0v) is 12.0. The van der Waals surface area contributed by atoms with E-state index in [1.807, 2.05) is 0 Å². The van der Waals surface area contributed by atoms with Crippen molar-refractivity contribution in [2.75, 3.05) is 0 Å². The van der Waals surface area contributed by atoms with Crippen molar-refractivity contribution < 1.29 is 13.9 Å². The summed E-state index contributed by atoms with van der Waals surface area (Å²) in [5, 5.41) is 0.961. The van der Waals surface area contributed by atoms with Crippen LogP contribution < -0.4 is 0 Å². The van der Waals surface area contributed by atoms with Crippen LogP contribution in [0.5, 0.6) is 0 Å². The van der Waals surface area contributed by atoms with Gasteiger partial charge in [0, 0.05) is 17.8 Å². The molecule has 3 aromatic rings. The lowest BCUT2D eigenvalue weighted by atomic mass is 10.0. The second kappa shape index (κ2) is 5.93. The molecule has 0 radical (unpaired) electrons. The van der Waals surface area contributed by atoms with E-state index in [4.69, 9.17) is 4.74 Å². The number of halogens is 1. The van der Waals surface area contributed by atoms with Crippen LogP contribution >= 0.6 is 0 Å². The minimum atomic E-state index is -0.472. The molecule has 0 amide bonds. The van der Waals surface area contributed by atoms with Crippen molar-refractivity contribution in [3.63, 3.8) is 0 Å². The first-order chi connectivity index (χ1) is 10.7. The van der Waals surface area contributed by atoms with Crippen LogP contribution in [0, 0.1) is 5.82 Å². The van der Waals surface area contributed by atoms with Gasteiger partial charge in [0.15, 0.2) is 0 Å². The molecule has 0 N–H and O–H groups in total. The fourth-order valence-corrected chi connectivity index (χ4v) is 2.37. The summed E-state index contributed by atoms with van der Waals surface area (Å²) in [4.78, 5) is 16.3. The summed E-state index contributed by atoms with van der Waals surface area (Å²) >= 11 is 0. The molecule has 4 heteroatoms. The molecule has 1 aromatic heterocycles. The summed E-state index contributed by atoms with van der Waals surface area (Å²) in [7, 11) is 0. The summed E-state index contributed by atoms with van der Waals surface area (Å²) in [5.41, 5.74) is 1.22. The predicted octanol–water partition coefficient (Wildman–Crippen LogP) is 4.29. The van der Waals surface area contributed by atoms with Crippen LogP contribution in [-0.2, 0) is 4.74 Å². The Labute approximate surface area is 127 Å². The molecule has 0 fully saturated rings. The number of esters is 1. The van der Waals surface area contributed by atoms with Gasteiger partial charge in [-0.25, -0.2) is 9.18 Å². The molecule has 1 atom stereocenters. The lowest BCUT2D eigenvalue weighted by Gasteiger charge is -2.14. The molecule has 3 nitrogen and oxygen atoms in total. The van der Waals surface area contributed by atoms with E-state index in [1.165, 1.54) is 12.1 Å². The van der Waals surface area contributed by atoms with E-state index in [9.17, 15) is 9.18 Å². The van der Waals surface area contributed by atoms with Crippen LogP contribution in [0.4, 0.5) is 4.39 Å². The Balaban J connectivity index is 1.92. The van der Waals surface area contributed by atoms with Crippen LogP contribution in [0.3, 0.4) is 0 Å². The van der Waals surface area contributed by atoms with Crippen molar-refractivity contribution in [1.82, 2.24) is 4.98 Å². The Morgan fingerprint density at radius 2 is 1.73 bits per heavy atom. The van der Waals surface area contributed by atoms with Gasteiger partial charge in [-0.2, -0.15) is 0 Å². The van der Waals surface area contributed by atoms with Crippen molar-refractivity contribution in [3.8, 4) is 0 Å². The third kappa shape index (κ3) is 2.68. The van der Waals surface area contributed by atoms with Crippen LogP contribution in [0.1, 0.15) is 28.9 Å². The summed E-state index contributed by atoms with van der Waals surface area (Å²) < 4.78 is 19.3. The molecular weight excluding hydrogens is 281 g/mol. The number of fused-ring (bicyclic) bond motifs is 1. The maximum Gasteiger partial charge on any atom is 0.339 e. The molecule has 0 unspecified atom stereocenters. The van der Waals surface area contributed by atoms with Gasteiger partial charge in [0.1, 0.15) is 11.9 Å². The molecular formula is C18H14FNO2. The Hall–Kier alpha value is -2.75. The Morgan fingerprint density at radius 1 is 1.05 bits per heavy atom. The maximum absolute atomic E-state index is 13.8. The van der Waals surface area contributed by atoms with Crippen molar-refractivity contribution in [2.45, 2.75) is 13.0 Å². The molecule has 0 aliphatic heterocycles. The van der Waals surface area contributed by atoms with E-state index in [0.717, 1.165) is 5.56 Å².